The Bertz CT molecular complexity index is 389. The number of amides is 1. The van der Waals surface area contributed by atoms with E-state index in [1.165, 1.54) is 17.1 Å². The average Bonchev–Trinajstić information content (AvgIpc) is 2.83. The zero-order chi connectivity index (χ0) is 12.1. The number of anilines is 1. The molecular weight excluding hydrogens is 250 g/mol. The zero-order valence-electron chi connectivity index (χ0n) is 9.94. The number of hydrogen-bond acceptors (Lipinski definition) is 3. The van der Waals surface area contributed by atoms with Crippen LogP contribution in [0.5, 0.6) is 0 Å². The molecule has 4 heteroatoms. The Labute approximate surface area is 111 Å². The monoisotopic (exact) mass is 267 g/mol. The molecule has 0 bridgehead atoms. The number of carbonyl (C=O) groups is 1. The molecule has 2 rings (SSSR count). The van der Waals surface area contributed by atoms with E-state index in [-0.39, 0.29) is 5.91 Å². The van der Waals surface area contributed by atoms with Gasteiger partial charge in [-0.3, -0.25) is 4.79 Å². The lowest BCUT2D eigenvalue weighted by atomic mass is 10.2. The quantitative estimate of drug-likeness (QED) is 0.897. The van der Waals surface area contributed by atoms with Gasteiger partial charge in [0.15, 0.2) is 0 Å². The van der Waals surface area contributed by atoms with E-state index in [0.717, 1.165) is 12.1 Å². The van der Waals surface area contributed by atoms with Crippen molar-refractivity contribution in [2.75, 3.05) is 16.8 Å². The Morgan fingerprint density at radius 3 is 2.88 bits per heavy atom. The van der Waals surface area contributed by atoms with E-state index in [1.807, 2.05) is 42.6 Å². The third-order valence-electron chi connectivity index (χ3n) is 2.54. The molecular formula is C13H17NOS2. The Kier molecular flexibility index (Phi) is 4.80. The first-order valence-electron chi connectivity index (χ1n) is 5.92. The summed E-state index contributed by atoms with van der Waals surface area (Å²) in [6.45, 7) is 2.02. The molecule has 1 fully saturated rings. The van der Waals surface area contributed by atoms with E-state index in [9.17, 15) is 4.79 Å². The van der Waals surface area contributed by atoms with Crippen LogP contribution in [-0.4, -0.2) is 17.4 Å². The van der Waals surface area contributed by atoms with Gasteiger partial charge in [-0.15, -0.1) is 23.5 Å². The predicted octanol–water partition coefficient (Wildman–Crippen LogP) is 3.90. The Morgan fingerprint density at radius 2 is 2.18 bits per heavy atom. The van der Waals surface area contributed by atoms with Crippen molar-refractivity contribution >= 4 is 35.1 Å². The van der Waals surface area contributed by atoms with E-state index >= 15 is 0 Å². The molecule has 0 atom stereocenters. The molecule has 1 heterocycles. The second-order valence-electron chi connectivity index (χ2n) is 4.00. The molecule has 1 aliphatic heterocycles. The summed E-state index contributed by atoms with van der Waals surface area (Å²) in [6.07, 6.45) is 1.48. The van der Waals surface area contributed by atoms with Crippen LogP contribution in [0.1, 0.15) is 29.9 Å². The fourth-order valence-electron chi connectivity index (χ4n) is 1.76. The maximum absolute atomic E-state index is 11.5. The summed E-state index contributed by atoms with van der Waals surface area (Å²) in [5.74, 6) is 2.56. The first-order chi connectivity index (χ1) is 8.29. The van der Waals surface area contributed by atoms with Crippen LogP contribution < -0.4 is 5.32 Å². The Morgan fingerprint density at radius 1 is 1.41 bits per heavy atom. The van der Waals surface area contributed by atoms with Gasteiger partial charge in [0.2, 0.25) is 5.91 Å². The first kappa shape index (κ1) is 12.8. The van der Waals surface area contributed by atoms with Gasteiger partial charge in [-0.2, -0.15) is 0 Å². The standard InChI is InChI=1S/C13H17NOS2/c1-2-4-12(15)14-11-6-3-5-10(9-11)13-16-7-8-17-13/h3,5-6,9,13H,2,4,7-8H2,1H3,(H,14,15). The van der Waals surface area contributed by atoms with Crippen molar-refractivity contribution in [1.29, 1.82) is 0 Å². The van der Waals surface area contributed by atoms with Crippen molar-refractivity contribution < 1.29 is 4.79 Å². The van der Waals surface area contributed by atoms with Crippen LogP contribution in [0.3, 0.4) is 0 Å². The number of carbonyl (C=O) groups excluding carboxylic acids is 1. The topological polar surface area (TPSA) is 29.1 Å². The summed E-state index contributed by atoms with van der Waals surface area (Å²) in [4.78, 5) is 11.5. The maximum Gasteiger partial charge on any atom is 0.224 e. The van der Waals surface area contributed by atoms with Gasteiger partial charge in [0.25, 0.3) is 0 Å². The summed E-state index contributed by atoms with van der Waals surface area (Å²) in [5, 5.41) is 2.95. The van der Waals surface area contributed by atoms with Gasteiger partial charge >= 0.3 is 0 Å². The number of benzene rings is 1. The van der Waals surface area contributed by atoms with Crippen molar-refractivity contribution in [3.63, 3.8) is 0 Å². The zero-order valence-corrected chi connectivity index (χ0v) is 11.6. The van der Waals surface area contributed by atoms with Crippen LogP contribution in [0.4, 0.5) is 5.69 Å². The minimum Gasteiger partial charge on any atom is -0.326 e. The van der Waals surface area contributed by atoms with Gasteiger partial charge in [0.05, 0.1) is 4.58 Å². The molecule has 2 nitrogen and oxygen atoms in total. The third kappa shape index (κ3) is 3.68. The van der Waals surface area contributed by atoms with Crippen molar-refractivity contribution in [1.82, 2.24) is 0 Å². The highest BCUT2D eigenvalue weighted by Gasteiger charge is 2.18. The first-order valence-corrected chi connectivity index (χ1v) is 8.02. The number of thioether (sulfide) groups is 2. The lowest BCUT2D eigenvalue weighted by Gasteiger charge is -2.11. The SMILES string of the molecule is CCCC(=O)Nc1cccc(C2SCCS2)c1. The predicted molar refractivity (Wildman–Crippen MR) is 77.6 cm³/mol. The molecule has 1 amide bonds. The molecule has 1 aromatic rings. The highest BCUT2D eigenvalue weighted by atomic mass is 32.2. The van der Waals surface area contributed by atoms with Gasteiger partial charge in [0, 0.05) is 23.6 Å². The highest BCUT2D eigenvalue weighted by molar-refractivity contribution is 8.19. The minimum atomic E-state index is 0.108. The maximum atomic E-state index is 11.5. The summed E-state index contributed by atoms with van der Waals surface area (Å²) in [7, 11) is 0. The van der Waals surface area contributed by atoms with Crippen LogP contribution >= 0.6 is 23.5 Å². The summed E-state index contributed by atoms with van der Waals surface area (Å²) in [6, 6.07) is 8.23. The molecule has 0 aromatic heterocycles. The van der Waals surface area contributed by atoms with E-state index in [2.05, 4.69) is 17.4 Å². The lowest BCUT2D eigenvalue weighted by Crippen LogP contribution is -2.10. The average molecular weight is 267 g/mol. The molecule has 1 saturated heterocycles. The van der Waals surface area contributed by atoms with Crippen LogP contribution in [0.2, 0.25) is 0 Å². The minimum absolute atomic E-state index is 0.108. The molecule has 0 saturated carbocycles. The van der Waals surface area contributed by atoms with Gasteiger partial charge < -0.3 is 5.32 Å². The molecule has 0 spiro atoms. The van der Waals surface area contributed by atoms with E-state index < -0.39 is 0 Å². The molecule has 1 aromatic carbocycles. The van der Waals surface area contributed by atoms with E-state index in [0.29, 0.717) is 11.0 Å². The highest BCUT2D eigenvalue weighted by Crippen LogP contribution is 2.45. The van der Waals surface area contributed by atoms with Crippen LogP contribution in [0.25, 0.3) is 0 Å². The smallest absolute Gasteiger partial charge is 0.224 e. The van der Waals surface area contributed by atoms with Crippen LogP contribution in [0, 0.1) is 0 Å². The Hall–Kier alpha value is -0.610. The van der Waals surface area contributed by atoms with Crippen molar-refractivity contribution in [3.8, 4) is 0 Å². The molecule has 17 heavy (non-hydrogen) atoms. The third-order valence-corrected chi connectivity index (χ3v) is 5.65. The number of rotatable bonds is 4. The van der Waals surface area contributed by atoms with Gasteiger partial charge in [0.1, 0.15) is 0 Å². The van der Waals surface area contributed by atoms with Crippen molar-refractivity contribution in [3.05, 3.63) is 29.8 Å². The number of nitrogens with one attached hydrogen (secondary N) is 1. The molecule has 0 radical (unpaired) electrons. The van der Waals surface area contributed by atoms with Gasteiger partial charge in [-0.1, -0.05) is 19.1 Å². The second kappa shape index (κ2) is 6.36. The normalized spacial score (nSPS) is 16.1. The molecule has 92 valence electrons. The van der Waals surface area contributed by atoms with Crippen molar-refractivity contribution in [2.45, 2.75) is 24.3 Å². The van der Waals surface area contributed by atoms with Crippen LogP contribution in [-0.2, 0) is 4.79 Å². The van der Waals surface area contributed by atoms with Crippen molar-refractivity contribution in [2.24, 2.45) is 0 Å². The van der Waals surface area contributed by atoms with Gasteiger partial charge in [-0.05, 0) is 24.1 Å². The lowest BCUT2D eigenvalue weighted by molar-refractivity contribution is -0.116. The summed E-state index contributed by atoms with van der Waals surface area (Å²) in [5.41, 5.74) is 2.24. The van der Waals surface area contributed by atoms with Crippen LogP contribution in [0.15, 0.2) is 24.3 Å². The summed E-state index contributed by atoms with van der Waals surface area (Å²) < 4.78 is 0.540. The fourth-order valence-corrected chi connectivity index (χ4v) is 4.60. The largest absolute Gasteiger partial charge is 0.326 e. The van der Waals surface area contributed by atoms with E-state index in [4.69, 9.17) is 0 Å². The molecule has 0 aliphatic carbocycles. The molecule has 0 unspecified atom stereocenters. The Balaban J connectivity index is 2.03. The molecule has 1 N–H and O–H groups in total. The van der Waals surface area contributed by atoms with E-state index in [1.54, 1.807) is 0 Å². The fraction of sp³-hybridized carbons (Fsp3) is 0.462. The summed E-state index contributed by atoms with van der Waals surface area (Å²) >= 11 is 3.97. The number of hydrogen-bond donors (Lipinski definition) is 1. The molecule has 1 aliphatic rings. The second-order valence-corrected chi connectivity index (χ2v) is 6.72. The van der Waals surface area contributed by atoms with Gasteiger partial charge in [-0.25, -0.2) is 0 Å².